The van der Waals surface area contributed by atoms with Gasteiger partial charge in [-0.3, -0.25) is 4.79 Å². The zero-order valence-corrected chi connectivity index (χ0v) is 14.0. The number of carbonyl (C=O) groups excluding carboxylic acids is 1. The van der Waals surface area contributed by atoms with E-state index in [1.807, 2.05) is 0 Å². The molecule has 2 N–H and O–H groups in total. The van der Waals surface area contributed by atoms with Gasteiger partial charge in [-0.1, -0.05) is 17.8 Å². The average Bonchev–Trinajstić information content (AvgIpc) is 3.06. The van der Waals surface area contributed by atoms with E-state index in [-0.39, 0.29) is 17.5 Å². The first-order chi connectivity index (χ1) is 12.0. The molecule has 8 heteroatoms. The maximum atomic E-state index is 13.2. The number of anilines is 1. The predicted molar refractivity (Wildman–Crippen MR) is 92.3 cm³/mol. The molecule has 0 bridgehead atoms. The van der Waals surface area contributed by atoms with Crippen molar-refractivity contribution in [3.63, 3.8) is 0 Å². The highest BCUT2D eigenvalue weighted by Gasteiger charge is 2.10. The summed E-state index contributed by atoms with van der Waals surface area (Å²) in [5.74, 6) is -0.439. The number of amides is 1. The van der Waals surface area contributed by atoms with E-state index >= 15 is 0 Å². The topological polar surface area (TPSA) is 70.7 Å². The fourth-order valence-electron chi connectivity index (χ4n) is 2.10. The molecule has 0 aliphatic carbocycles. The molecule has 0 saturated heterocycles. The Morgan fingerprint density at radius 2 is 1.84 bits per heavy atom. The predicted octanol–water partition coefficient (Wildman–Crippen LogP) is 3.79. The van der Waals surface area contributed by atoms with Crippen LogP contribution in [-0.2, 0) is 4.79 Å². The van der Waals surface area contributed by atoms with Crippen molar-refractivity contribution in [1.82, 2.24) is 15.2 Å². The molecule has 0 spiro atoms. The van der Waals surface area contributed by atoms with E-state index in [1.165, 1.54) is 36.0 Å². The fraction of sp³-hybridized carbons (Fsp3) is 0.118. The van der Waals surface area contributed by atoms with Crippen LogP contribution in [0.2, 0.25) is 0 Å². The van der Waals surface area contributed by atoms with E-state index in [2.05, 4.69) is 20.5 Å². The summed E-state index contributed by atoms with van der Waals surface area (Å²) in [6.07, 6.45) is 0. The Balaban J connectivity index is 1.59. The van der Waals surface area contributed by atoms with E-state index in [1.54, 1.807) is 25.1 Å². The van der Waals surface area contributed by atoms with Crippen molar-refractivity contribution in [2.75, 3.05) is 11.1 Å². The second-order valence-electron chi connectivity index (χ2n) is 5.28. The first-order valence-electron chi connectivity index (χ1n) is 7.39. The number of hydrogen-bond acceptors (Lipinski definition) is 4. The largest absolute Gasteiger partial charge is 0.325 e. The lowest BCUT2D eigenvalue weighted by atomic mass is 10.2. The van der Waals surface area contributed by atoms with Gasteiger partial charge in [-0.05, 0) is 48.9 Å². The van der Waals surface area contributed by atoms with Gasteiger partial charge < -0.3 is 10.3 Å². The smallest absolute Gasteiger partial charge is 0.234 e. The van der Waals surface area contributed by atoms with E-state index in [9.17, 15) is 13.6 Å². The first-order valence-corrected chi connectivity index (χ1v) is 8.37. The third-order valence-corrected chi connectivity index (χ3v) is 4.26. The molecule has 128 valence electrons. The number of aromatic nitrogens is 3. The number of nitrogens with zero attached hydrogens (tertiary/aromatic N) is 2. The minimum atomic E-state index is -0.410. The van der Waals surface area contributed by atoms with E-state index < -0.39 is 5.82 Å². The van der Waals surface area contributed by atoms with Crippen LogP contribution in [0.4, 0.5) is 14.5 Å². The summed E-state index contributed by atoms with van der Waals surface area (Å²) in [4.78, 5) is 15.0. The molecule has 3 rings (SSSR count). The quantitative estimate of drug-likeness (QED) is 0.679. The molecular formula is C17H14F2N4OS. The van der Waals surface area contributed by atoms with Gasteiger partial charge in [-0.15, -0.1) is 10.2 Å². The molecule has 0 aliphatic heterocycles. The lowest BCUT2D eigenvalue weighted by molar-refractivity contribution is -0.113. The Kier molecular flexibility index (Phi) is 5.08. The Labute approximate surface area is 146 Å². The molecule has 0 atom stereocenters. The van der Waals surface area contributed by atoms with Crippen molar-refractivity contribution < 1.29 is 13.6 Å². The van der Waals surface area contributed by atoms with Crippen LogP contribution in [-0.4, -0.2) is 26.8 Å². The molecule has 1 heterocycles. The van der Waals surface area contributed by atoms with Gasteiger partial charge in [0.15, 0.2) is 11.0 Å². The second kappa shape index (κ2) is 7.43. The number of aromatic amines is 1. The number of aryl methyl sites for hydroxylation is 1. The van der Waals surface area contributed by atoms with Crippen molar-refractivity contribution >= 4 is 23.4 Å². The Morgan fingerprint density at radius 1 is 1.12 bits per heavy atom. The minimum Gasteiger partial charge on any atom is -0.325 e. The minimum absolute atomic E-state index is 0.0913. The lowest BCUT2D eigenvalue weighted by Crippen LogP contribution is -2.15. The summed E-state index contributed by atoms with van der Waals surface area (Å²) in [5, 5.41) is 11.0. The molecule has 25 heavy (non-hydrogen) atoms. The summed E-state index contributed by atoms with van der Waals surface area (Å²) in [5.41, 5.74) is 1.91. The number of hydrogen-bond donors (Lipinski definition) is 2. The van der Waals surface area contributed by atoms with E-state index in [0.29, 0.717) is 22.2 Å². The number of benzene rings is 2. The SMILES string of the molecule is Cc1ccc(F)cc1NC(=O)CSc1nnc(-c2ccc(F)cc2)[nH]1. The van der Waals surface area contributed by atoms with Crippen LogP contribution in [0.5, 0.6) is 0 Å². The standard InChI is InChI=1S/C17H14F2N4OS/c1-10-2-5-13(19)8-14(10)20-15(24)9-25-17-21-16(22-23-17)11-3-6-12(18)7-4-11/h2-8H,9H2,1H3,(H,20,24)(H,21,22,23). The molecule has 5 nitrogen and oxygen atoms in total. The molecule has 0 radical (unpaired) electrons. The molecule has 2 aromatic carbocycles. The van der Waals surface area contributed by atoms with Crippen molar-refractivity contribution in [3.05, 3.63) is 59.7 Å². The third kappa shape index (κ3) is 4.42. The monoisotopic (exact) mass is 360 g/mol. The summed E-state index contributed by atoms with van der Waals surface area (Å²) < 4.78 is 26.2. The van der Waals surface area contributed by atoms with Gasteiger partial charge in [-0.2, -0.15) is 0 Å². The van der Waals surface area contributed by atoms with Gasteiger partial charge in [0.05, 0.1) is 5.75 Å². The van der Waals surface area contributed by atoms with Crippen LogP contribution < -0.4 is 5.32 Å². The zero-order valence-electron chi connectivity index (χ0n) is 13.2. The fourth-order valence-corrected chi connectivity index (χ4v) is 2.71. The summed E-state index contributed by atoms with van der Waals surface area (Å²) >= 11 is 1.17. The number of nitrogens with one attached hydrogen (secondary N) is 2. The lowest BCUT2D eigenvalue weighted by Gasteiger charge is -2.07. The van der Waals surface area contributed by atoms with Crippen LogP contribution in [0.25, 0.3) is 11.4 Å². The maximum absolute atomic E-state index is 13.2. The molecule has 1 amide bonds. The van der Waals surface area contributed by atoms with Gasteiger partial charge >= 0.3 is 0 Å². The van der Waals surface area contributed by atoms with Crippen molar-refractivity contribution in [2.24, 2.45) is 0 Å². The zero-order chi connectivity index (χ0) is 17.8. The van der Waals surface area contributed by atoms with Crippen LogP contribution in [0, 0.1) is 18.6 Å². The summed E-state index contributed by atoms with van der Waals surface area (Å²) in [6.45, 7) is 1.79. The average molecular weight is 360 g/mol. The number of carbonyl (C=O) groups is 1. The Bertz CT molecular complexity index is 896. The highest BCUT2D eigenvalue weighted by molar-refractivity contribution is 7.99. The van der Waals surface area contributed by atoms with Crippen molar-refractivity contribution in [1.29, 1.82) is 0 Å². The molecule has 0 unspecified atom stereocenters. The van der Waals surface area contributed by atoms with Crippen LogP contribution in [0.1, 0.15) is 5.56 Å². The number of rotatable bonds is 5. The highest BCUT2D eigenvalue weighted by Crippen LogP contribution is 2.20. The third-order valence-electron chi connectivity index (χ3n) is 3.40. The van der Waals surface area contributed by atoms with Gasteiger partial charge in [0, 0.05) is 11.3 Å². The van der Waals surface area contributed by atoms with Gasteiger partial charge in [0.2, 0.25) is 5.91 Å². The maximum Gasteiger partial charge on any atom is 0.234 e. The highest BCUT2D eigenvalue weighted by atomic mass is 32.2. The Hall–Kier alpha value is -2.74. The van der Waals surface area contributed by atoms with E-state index in [0.717, 1.165) is 5.56 Å². The van der Waals surface area contributed by atoms with Crippen molar-refractivity contribution in [2.45, 2.75) is 12.1 Å². The molecule has 3 aromatic rings. The molecule has 0 saturated carbocycles. The van der Waals surface area contributed by atoms with E-state index in [4.69, 9.17) is 0 Å². The number of thioether (sulfide) groups is 1. The molecule has 0 fully saturated rings. The van der Waals surface area contributed by atoms with Crippen LogP contribution in [0.3, 0.4) is 0 Å². The van der Waals surface area contributed by atoms with Crippen molar-refractivity contribution in [3.8, 4) is 11.4 Å². The van der Waals surface area contributed by atoms with Gasteiger partial charge in [0.1, 0.15) is 11.6 Å². The molecule has 0 aliphatic rings. The normalized spacial score (nSPS) is 10.7. The first kappa shape index (κ1) is 17.1. The molecular weight excluding hydrogens is 346 g/mol. The van der Waals surface area contributed by atoms with Gasteiger partial charge in [0.25, 0.3) is 0 Å². The number of H-pyrrole nitrogens is 1. The van der Waals surface area contributed by atoms with Crippen LogP contribution >= 0.6 is 11.8 Å². The second-order valence-corrected chi connectivity index (χ2v) is 6.25. The summed E-state index contributed by atoms with van der Waals surface area (Å²) in [7, 11) is 0. The number of halogens is 2. The Morgan fingerprint density at radius 3 is 2.60 bits per heavy atom. The van der Waals surface area contributed by atoms with Crippen LogP contribution in [0.15, 0.2) is 47.6 Å². The molecule has 1 aromatic heterocycles. The van der Waals surface area contributed by atoms with Gasteiger partial charge in [-0.25, -0.2) is 8.78 Å². The summed E-state index contributed by atoms with van der Waals surface area (Å²) in [6, 6.07) is 10.1.